The summed E-state index contributed by atoms with van der Waals surface area (Å²) in [5, 5.41) is 3.59. The molecule has 2 aromatic carbocycles. The Balaban J connectivity index is 1.67. The minimum absolute atomic E-state index is 0.0446. The van der Waals surface area contributed by atoms with Gasteiger partial charge in [-0.25, -0.2) is 0 Å². The summed E-state index contributed by atoms with van der Waals surface area (Å²) in [4.78, 5) is 25.3. The van der Waals surface area contributed by atoms with Crippen LogP contribution in [0.3, 0.4) is 0 Å². The molecule has 2 atom stereocenters. The molecule has 1 aliphatic carbocycles. The molecular weight excluding hydrogens is 362 g/mol. The van der Waals surface area contributed by atoms with Crippen molar-refractivity contribution in [2.24, 2.45) is 0 Å². The number of carbonyl (C=O) groups is 2. The van der Waals surface area contributed by atoms with Crippen molar-refractivity contribution in [2.45, 2.75) is 31.1 Å². The van der Waals surface area contributed by atoms with E-state index in [-0.39, 0.29) is 23.5 Å². The van der Waals surface area contributed by atoms with E-state index in [0.717, 1.165) is 28.1 Å². The molecule has 1 amide bonds. The molecule has 5 heteroatoms. The van der Waals surface area contributed by atoms with E-state index in [1.54, 1.807) is 19.2 Å². The molecule has 1 aliphatic heterocycles. The predicted molar refractivity (Wildman–Crippen MR) is 104 cm³/mol. The number of halogens is 1. The smallest absolute Gasteiger partial charge is 0.225 e. The Morgan fingerprint density at radius 3 is 2.26 bits per heavy atom. The van der Waals surface area contributed by atoms with E-state index in [9.17, 15) is 9.59 Å². The SMILES string of the molecule is COc1ccc([C@@H]2CC(=O)C3=C(C2)NC(=O)C[C@@H]3c2ccc(Cl)cc2)cc1. The molecule has 2 aromatic rings. The van der Waals surface area contributed by atoms with Crippen LogP contribution in [0.2, 0.25) is 5.02 Å². The van der Waals surface area contributed by atoms with Gasteiger partial charge in [0.1, 0.15) is 5.75 Å². The minimum atomic E-state index is -0.199. The van der Waals surface area contributed by atoms with Gasteiger partial charge in [-0.2, -0.15) is 0 Å². The normalized spacial score (nSPS) is 22.3. The van der Waals surface area contributed by atoms with Crippen molar-refractivity contribution in [3.8, 4) is 5.75 Å². The molecular formula is C22H20ClNO3. The quantitative estimate of drug-likeness (QED) is 0.859. The molecule has 0 unspecified atom stereocenters. The van der Waals surface area contributed by atoms with E-state index in [1.165, 1.54) is 0 Å². The van der Waals surface area contributed by atoms with Crippen LogP contribution in [-0.2, 0) is 9.59 Å². The molecule has 0 bridgehead atoms. The zero-order chi connectivity index (χ0) is 19.0. The number of hydrogen-bond donors (Lipinski definition) is 1. The summed E-state index contributed by atoms with van der Waals surface area (Å²) in [7, 11) is 1.63. The number of allylic oxidation sites excluding steroid dienone is 2. The number of hydrogen-bond acceptors (Lipinski definition) is 3. The van der Waals surface area contributed by atoms with Gasteiger partial charge in [-0.3, -0.25) is 9.59 Å². The van der Waals surface area contributed by atoms with E-state index in [0.29, 0.717) is 24.3 Å². The second kappa shape index (κ2) is 7.20. The van der Waals surface area contributed by atoms with Crippen molar-refractivity contribution in [3.63, 3.8) is 0 Å². The summed E-state index contributed by atoms with van der Waals surface area (Å²) in [6.07, 6.45) is 1.40. The van der Waals surface area contributed by atoms with E-state index in [2.05, 4.69) is 5.32 Å². The fourth-order valence-electron chi connectivity index (χ4n) is 4.05. The fraction of sp³-hybridized carbons (Fsp3) is 0.273. The van der Waals surface area contributed by atoms with Crippen molar-refractivity contribution in [1.29, 1.82) is 0 Å². The number of methoxy groups -OCH3 is 1. The van der Waals surface area contributed by atoms with E-state index in [4.69, 9.17) is 16.3 Å². The molecule has 0 aromatic heterocycles. The molecule has 4 rings (SSSR count). The molecule has 1 N–H and O–H groups in total. The Labute approximate surface area is 163 Å². The number of nitrogens with one attached hydrogen (secondary N) is 1. The van der Waals surface area contributed by atoms with Gasteiger partial charge in [0.25, 0.3) is 0 Å². The van der Waals surface area contributed by atoms with Gasteiger partial charge in [-0.15, -0.1) is 0 Å². The Morgan fingerprint density at radius 1 is 0.926 bits per heavy atom. The highest BCUT2D eigenvalue weighted by Gasteiger charge is 2.38. The molecule has 27 heavy (non-hydrogen) atoms. The van der Waals surface area contributed by atoms with Gasteiger partial charge in [0.05, 0.1) is 7.11 Å². The number of benzene rings is 2. The van der Waals surface area contributed by atoms with Crippen LogP contribution >= 0.6 is 11.6 Å². The standard InChI is InChI=1S/C22H20ClNO3/c1-27-17-8-4-13(5-9-17)15-10-19-22(20(25)11-15)18(12-21(26)24-19)14-2-6-16(23)7-3-14/h2-9,15,18H,10-12H2,1H3,(H,24,26)/t15-,18+/m0/s1. The van der Waals surface area contributed by atoms with Crippen LogP contribution in [0.15, 0.2) is 59.8 Å². The van der Waals surface area contributed by atoms with Gasteiger partial charge in [0.15, 0.2) is 5.78 Å². The average molecular weight is 382 g/mol. The van der Waals surface area contributed by atoms with E-state index in [1.807, 2.05) is 36.4 Å². The second-order valence-corrected chi connectivity index (χ2v) is 7.49. The van der Waals surface area contributed by atoms with Crippen LogP contribution in [0, 0.1) is 0 Å². The van der Waals surface area contributed by atoms with Crippen molar-refractivity contribution in [2.75, 3.05) is 7.11 Å². The van der Waals surface area contributed by atoms with Crippen LogP contribution in [0.5, 0.6) is 5.75 Å². The first kappa shape index (κ1) is 17.8. The van der Waals surface area contributed by atoms with E-state index >= 15 is 0 Å². The molecule has 0 saturated carbocycles. The third-order valence-electron chi connectivity index (χ3n) is 5.40. The van der Waals surface area contributed by atoms with Crippen molar-refractivity contribution in [1.82, 2.24) is 5.32 Å². The van der Waals surface area contributed by atoms with Gasteiger partial charge >= 0.3 is 0 Å². The van der Waals surface area contributed by atoms with Gasteiger partial charge in [-0.05, 0) is 47.7 Å². The monoisotopic (exact) mass is 381 g/mol. The summed E-state index contributed by atoms with van der Waals surface area (Å²) >= 11 is 5.99. The van der Waals surface area contributed by atoms with Crippen molar-refractivity contribution < 1.29 is 14.3 Å². The summed E-state index contributed by atoms with van der Waals surface area (Å²) in [5.74, 6) is 0.713. The first-order valence-electron chi connectivity index (χ1n) is 9.00. The highest BCUT2D eigenvalue weighted by atomic mass is 35.5. The van der Waals surface area contributed by atoms with Gasteiger partial charge < -0.3 is 10.1 Å². The third-order valence-corrected chi connectivity index (χ3v) is 5.65. The molecule has 0 spiro atoms. The van der Waals surface area contributed by atoms with Crippen molar-refractivity contribution >= 4 is 23.3 Å². The molecule has 138 valence electrons. The number of ketones is 1. The van der Waals surface area contributed by atoms with Gasteiger partial charge in [-0.1, -0.05) is 35.9 Å². The largest absolute Gasteiger partial charge is 0.497 e. The average Bonchev–Trinajstić information content (AvgIpc) is 2.67. The number of Topliss-reactive ketones (excluding diaryl/α,β-unsaturated/α-hetero) is 1. The maximum Gasteiger partial charge on any atom is 0.225 e. The number of ether oxygens (including phenoxy) is 1. The maximum atomic E-state index is 13.0. The lowest BCUT2D eigenvalue weighted by atomic mass is 9.73. The maximum absolute atomic E-state index is 13.0. The molecule has 0 saturated heterocycles. The van der Waals surface area contributed by atoms with Crippen LogP contribution < -0.4 is 10.1 Å². The second-order valence-electron chi connectivity index (χ2n) is 7.05. The van der Waals surface area contributed by atoms with Crippen LogP contribution in [0.4, 0.5) is 0 Å². The Hall–Kier alpha value is -2.59. The zero-order valence-electron chi connectivity index (χ0n) is 15.0. The molecule has 4 nitrogen and oxygen atoms in total. The Morgan fingerprint density at radius 2 is 1.59 bits per heavy atom. The Kier molecular flexibility index (Phi) is 4.75. The van der Waals surface area contributed by atoms with Crippen LogP contribution in [-0.4, -0.2) is 18.8 Å². The third kappa shape index (κ3) is 3.50. The Bertz CT molecular complexity index is 916. The lowest BCUT2D eigenvalue weighted by Crippen LogP contribution is -2.38. The summed E-state index contributed by atoms with van der Waals surface area (Å²) in [5.41, 5.74) is 3.56. The fourth-order valence-corrected chi connectivity index (χ4v) is 4.18. The van der Waals surface area contributed by atoms with Crippen LogP contribution in [0.25, 0.3) is 0 Å². The molecule has 0 radical (unpaired) electrons. The highest BCUT2D eigenvalue weighted by molar-refractivity contribution is 6.30. The minimum Gasteiger partial charge on any atom is -0.497 e. The number of carbonyl (C=O) groups excluding carboxylic acids is 2. The first-order valence-corrected chi connectivity index (χ1v) is 9.38. The molecule has 2 aliphatic rings. The summed E-state index contributed by atoms with van der Waals surface area (Å²) < 4.78 is 5.21. The van der Waals surface area contributed by atoms with Crippen molar-refractivity contribution in [3.05, 3.63) is 76.0 Å². The first-order chi connectivity index (χ1) is 13.0. The van der Waals surface area contributed by atoms with E-state index < -0.39 is 0 Å². The van der Waals surface area contributed by atoms with Gasteiger partial charge in [0, 0.05) is 35.1 Å². The highest BCUT2D eigenvalue weighted by Crippen LogP contribution is 2.42. The van der Waals surface area contributed by atoms with Gasteiger partial charge in [0.2, 0.25) is 5.91 Å². The predicted octanol–water partition coefficient (Wildman–Crippen LogP) is 4.35. The molecule has 1 heterocycles. The number of amides is 1. The lowest BCUT2D eigenvalue weighted by Gasteiger charge is -2.34. The van der Waals surface area contributed by atoms with Crippen LogP contribution in [0.1, 0.15) is 42.2 Å². The summed E-state index contributed by atoms with van der Waals surface area (Å²) in [6, 6.07) is 15.2. The topological polar surface area (TPSA) is 55.4 Å². The number of rotatable bonds is 3. The zero-order valence-corrected chi connectivity index (χ0v) is 15.8. The molecule has 0 fully saturated rings. The summed E-state index contributed by atoms with van der Waals surface area (Å²) in [6.45, 7) is 0. The lowest BCUT2D eigenvalue weighted by molar-refractivity contribution is -0.122.